The van der Waals surface area contributed by atoms with Crippen molar-refractivity contribution in [1.82, 2.24) is 0 Å². The summed E-state index contributed by atoms with van der Waals surface area (Å²) >= 11 is 0. The molecule has 128 valence electrons. The van der Waals surface area contributed by atoms with Crippen molar-refractivity contribution in [3.05, 3.63) is 0 Å². The van der Waals surface area contributed by atoms with Gasteiger partial charge in [0.15, 0.2) is 0 Å². The summed E-state index contributed by atoms with van der Waals surface area (Å²) in [6, 6.07) is 0.769. The average Bonchev–Trinajstić information content (AvgIpc) is 2.50. The van der Waals surface area contributed by atoms with E-state index >= 15 is 0 Å². The molecule has 7 heteroatoms. The lowest BCUT2D eigenvalue weighted by atomic mass is 10.2. The van der Waals surface area contributed by atoms with Gasteiger partial charge in [0.1, 0.15) is 0 Å². The van der Waals surface area contributed by atoms with E-state index in [9.17, 15) is 0 Å². The van der Waals surface area contributed by atoms with E-state index in [0.29, 0.717) is 0 Å². The Morgan fingerprint density at radius 1 is 0.762 bits per heavy atom. The minimum absolute atomic E-state index is 0.240. The maximum atomic E-state index is 8.96. The van der Waals surface area contributed by atoms with Gasteiger partial charge in [-0.05, 0) is 25.7 Å². The average molecular weight is 325 g/mol. The van der Waals surface area contributed by atoms with E-state index in [1.54, 1.807) is 21.3 Å². The summed E-state index contributed by atoms with van der Waals surface area (Å²) in [5, 5.41) is 17.9. The second-order valence-electron chi connectivity index (χ2n) is 5.70. The Labute approximate surface area is 130 Å². The Kier molecular flexibility index (Phi) is 11.5. The molecule has 21 heavy (non-hydrogen) atoms. The molecule has 0 radical (unpaired) electrons. The van der Waals surface area contributed by atoms with Crippen LogP contribution < -0.4 is 0 Å². The molecule has 0 atom stereocenters. The van der Waals surface area contributed by atoms with Crippen molar-refractivity contribution in [3.63, 3.8) is 0 Å². The SMILES string of the molecule is CO[Si](CC[N+](C)(CCCCO)CCCCO)(OC)OC. The zero-order valence-corrected chi connectivity index (χ0v) is 15.1. The molecule has 0 heterocycles. The highest BCUT2D eigenvalue weighted by atomic mass is 28.4. The van der Waals surface area contributed by atoms with Gasteiger partial charge in [0.25, 0.3) is 0 Å². The van der Waals surface area contributed by atoms with Gasteiger partial charge in [0.2, 0.25) is 0 Å². The Morgan fingerprint density at radius 2 is 1.19 bits per heavy atom. The fraction of sp³-hybridized carbons (Fsp3) is 1.00. The fourth-order valence-electron chi connectivity index (χ4n) is 2.51. The molecule has 0 aromatic rings. The second kappa shape index (κ2) is 11.5. The number of aliphatic hydroxyl groups excluding tert-OH is 2. The lowest BCUT2D eigenvalue weighted by molar-refractivity contribution is -0.908. The van der Waals surface area contributed by atoms with Gasteiger partial charge >= 0.3 is 8.80 Å². The van der Waals surface area contributed by atoms with Gasteiger partial charge in [0.05, 0.1) is 32.7 Å². The molecular weight excluding hydrogens is 290 g/mol. The first kappa shape index (κ1) is 21.0. The molecule has 0 bridgehead atoms. The summed E-state index contributed by atoms with van der Waals surface area (Å²) in [4.78, 5) is 0. The van der Waals surface area contributed by atoms with Gasteiger partial charge in [0, 0.05) is 34.5 Å². The number of aliphatic hydroxyl groups is 2. The van der Waals surface area contributed by atoms with Crippen LogP contribution in [0, 0.1) is 0 Å². The summed E-state index contributed by atoms with van der Waals surface area (Å²) in [5.41, 5.74) is 0. The van der Waals surface area contributed by atoms with Crippen LogP contribution >= 0.6 is 0 Å². The Morgan fingerprint density at radius 3 is 1.52 bits per heavy atom. The van der Waals surface area contributed by atoms with E-state index in [0.717, 1.165) is 55.8 Å². The van der Waals surface area contributed by atoms with Crippen LogP contribution in [-0.2, 0) is 13.3 Å². The van der Waals surface area contributed by atoms with Gasteiger partial charge in [-0.15, -0.1) is 0 Å². The lowest BCUT2D eigenvalue weighted by Gasteiger charge is -2.37. The monoisotopic (exact) mass is 324 g/mol. The first-order valence-electron chi connectivity index (χ1n) is 7.72. The van der Waals surface area contributed by atoms with E-state index in [1.807, 2.05) is 0 Å². The van der Waals surface area contributed by atoms with Crippen molar-refractivity contribution in [2.75, 3.05) is 61.2 Å². The van der Waals surface area contributed by atoms with E-state index in [1.165, 1.54) is 0 Å². The Balaban J connectivity index is 4.55. The Bertz CT molecular complexity index is 233. The van der Waals surface area contributed by atoms with Crippen molar-refractivity contribution < 1.29 is 28.0 Å². The van der Waals surface area contributed by atoms with Crippen LogP contribution in [0.4, 0.5) is 0 Å². The molecule has 0 spiro atoms. The normalized spacial score (nSPS) is 12.9. The van der Waals surface area contributed by atoms with Crippen LogP contribution in [0.3, 0.4) is 0 Å². The molecule has 0 rings (SSSR count). The minimum atomic E-state index is -2.54. The standard InChI is InChI=1S/C14H34NO5Si/c1-15(9-5-7-12-16,10-6-8-13-17)11-14-21(18-2,19-3)20-4/h16-17H,5-14H2,1-4H3/q+1. The van der Waals surface area contributed by atoms with Gasteiger partial charge in [-0.25, -0.2) is 0 Å². The molecule has 0 unspecified atom stereocenters. The van der Waals surface area contributed by atoms with Crippen LogP contribution in [0.2, 0.25) is 6.04 Å². The molecule has 6 nitrogen and oxygen atoms in total. The third-order valence-corrected chi connectivity index (χ3v) is 6.80. The molecule has 2 N–H and O–H groups in total. The summed E-state index contributed by atoms with van der Waals surface area (Å²) in [6.45, 7) is 3.41. The van der Waals surface area contributed by atoms with Crippen molar-refractivity contribution >= 4 is 8.80 Å². The molecule has 0 saturated heterocycles. The number of quaternary nitrogens is 1. The summed E-state index contributed by atoms with van der Waals surface area (Å²) < 4.78 is 17.4. The zero-order chi connectivity index (χ0) is 16.2. The predicted octanol–water partition coefficient (Wildman–Crippen LogP) is 0.856. The number of rotatable bonds is 14. The molecule has 0 aliphatic rings. The van der Waals surface area contributed by atoms with Gasteiger partial charge in [-0.3, -0.25) is 0 Å². The van der Waals surface area contributed by atoms with Gasteiger partial charge < -0.3 is 28.0 Å². The first-order chi connectivity index (χ1) is 10.0. The third-order valence-electron chi connectivity index (χ3n) is 4.10. The van der Waals surface area contributed by atoms with Crippen LogP contribution in [-0.4, -0.2) is 84.7 Å². The quantitative estimate of drug-likeness (QED) is 0.282. The second-order valence-corrected chi connectivity index (χ2v) is 8.79. The summed E-state index contributed by atoms with van der Waals surface area (Å²) in [5.74, 6) is 0. The molecule has 0 aliphatic carbocycles. The predicted molar refractivity (Wildman–Crippen MR) is 85.0 cm³/mol. The van der Waals surface area contributed by atoms with Crippen molar-refractivity contribution in [2.24, 2.45) is 0 Å². The number of hydrogen-bond donors (Lipinski definition) is 2. The van der Waals surface area contributed by atoms with Crippen molar-refractivity contribution in [1.29, 1.82) is 0 Å². The smallest absolute Gasteiger partial charge is 0.396 e. The number of hydrogen-bond acceptors (Lipinski definition) is 5. The molecular formula is C14H34NO5Si+. The highest BCUT2D eigenvalue weighted by Gasteiger charge is 2.40. The van der Waals surface area contributed by atoms with Crippen molar-refractivity contribution in [3.8, 4) is 0 Å². The van der Waals surface area contributed by atoms with Gasteiger partial charge in [-0.1, -0.05) is 0 Å². The van der Waals surface area contributed by atoms with Gasteiger partial charge in [-0.2, -0.15) is 0 Å². The number of nitrogens with zero attached hydrogens (tertiary/aromatic N) is 1. The van der Waals surface area contributed by atoms with E-state index < -0.39 is 8.80 Å². The van der Waals surface area contributed by atoms with E-state index in [-0.39, 0.29) is 13.2 Å². The van der Waals surface area contributed by atoms with E-state index in [2.05, 4.69) is 7.05 Å². The zero-order valence-electron chi connectivity index (χ0n) is 14.1. The molecule has 0 aromatic heterocycles. The topological polar surface area (TPSA) is 68.2 Å². The van der Waals surface area contributed by atoms with Crippen LogP contribution in [0.5, 0.6) is 0 Å². The Hall–Kier alpha value is -0.0231. The maximum absolute atomic E-state index is 8.96. The molecule has 0 aliphatic heterocycles. The molecule has 0 fully saturated rings. The highest BCUT2D eigenvalue weighted by Crippen LogP contribution is 2.18. The van der Waals surface area contributed by atoms with Crippen LogP contribution in [0.1, 0.15) is 25.7 Å². The molecule has 0 saturated carbocycles. The summed E-state index contributed by atoms with van der Waals surface area (Å²) in [6.07, 6.45) is 3.64. The largest absolute Gasteiger partial charge is 0.505 e. The number of unbranched alkanes of at least 4 members (excludes halogenated alkanes) is 2. The first-order valence-corrected chi connectivity index (χ1v) is 9.65. The van der Waals surface area contributed by atoms with Crippen molar-refractivity contribution in [2.45, 2.75) is 31.7 Å². The molecule has 0 amide bonds. The third kappa shape index (κ3) is 8.25. The highest BCUT2D eigenvalue weighted by molar-refractivity contribution is 6.60. The lowest BCUT2D eigenvalue weighted by Crippen LogP contribution is -2.52. The maximum Gasteiger partial charge on any atom is 0.505 e. The molecule has 0 aromatic carbocycles. The fourth-order valence-corrected chi connectivity index (χ4v) is 4.44. The van der Waals surface area contributed by atoms with E-state index in [4.69, 9.17) is 23.5 Å². The van der Waals surface area contributed by atoms with Crippen LogP contribution in [0.15, 0.2) is 0 Å². The van der Waals surface area contributed by atoms with Crippen LogP contribution in [0.25, 0.3) is 0 Å². The summed E-state index contributed by atoms with van der Waals surface area (Å²) in [7, 11) is 4.60. The minimum Gasteiger partial charge on any atom is -0.396 e.